The van der Waals surface area contributed by atoms with Gasteiger partial charge in [-0.25, -0.2) is 18.5 Å². The third-order valence-electron chi connectivity index (χ3n) is 14.6. The molecule has 0 spiro atoms. The molecule has 436 valence electrons. The minimum atomic E-state index is -4.33. The fourth-order valence-corrected chi connectivity index (χ4v) is 12.9. The second-order valence-corrected chi connectivity index (χ2v) is 23.8. The summed E-state index contributed by atoms with van der Waals surface area (Å²) in [6, 6.07) is 36.6. The van der Waals surface area contributed by atoms with Gasteiger partial charge in [0.15, 0.2) is 12.4 Å². The number of aromatic amines is 1. The molecule has 4 unspecified atom stereocenters. The summed E-state index contributed by atoms with van der Waals surface area (Å²) in [5, 5.41) is 13.1. The third kappa shape index (κ3) is 14.1. The number of H-pyrrole nitrogens is 1. The Hall–Kier alpha value is -7.70. The molecule has 0 radical (unpaired) electrons. The van der Waals surface area contributed by atoms with E-state index in [1.54, 1.807) is 23.5 Å². The number of hydrogen-bond donors (Lipinski definition) is 5. The van der Waals surface area contributed by atoms with E-state index in [1.165, 1.54) is 25.5 Å². The van der Waals surface area contributed by atoms with E-state index in [2.05, 4.69) is 83.1 Å². The number of amides is 3. The molecule has 4 aromatic carbocycles. The molecular formula is C60H65N10O11PS2+2. The van der Waals surface area contributed by atoms with E-state index in [0.717, 1.165) is 75.8 Å². The molecular weight excluding hydrogens is 1130 g/mol. The van der Waals surface area contributed by atoms with Crippen LogP contribution >= 0.6 is 31.3 Å². The zero-order valence-corrected chi connectivity index (χ0v) is 49.2. The number of pyridine rings is 2. The van der Waals surface area contributed by atoms with Crippen molar-refractivity contribution in [3.8, 4) is 0 Å². The van der Waals surface area contributed by atoms with Crippen LogP contribution in [-0.2, 0) is 51.6 Å². The van der Waals surface area contributed by atoms with Gasteiger partial charge in [-0.2, -0.15) is 0 Å². The minimum absolute atomic E-state index is 0.0166. The Kier molecular flexibility index (Phi) is 19.0. The molecule has 4 atom stereocenters. The Morgan fingerprint density at radius 2 is 1.25 bits per heavy atom. The summed E-state index contributed by atoms with van der Waals surface area (Å²) >= 11 is 3.23. The Morgan fingerprint density at radius 1 is 0.738 bits per heavy atom. The maximum Gasteiger partial charge on any atom is 0.472 e. The van der Waals surface area contributed by atoms with Gasteiger partial charge < -0.3 is 40.1 Å². The lowest BCUT2D eigenvalue weighted by Crippen LogP contribution is -2.45. The number of hydrogen-bond acceptors (Lipinski definition) is 15. The zero-order chi connectivity index (χ0) is 58.9. The van der Waals surface area contributed by atoms with Gasteiger partial charge in [0, 0.05) is 106 Å². The molecule has 3 aromatic heterocycles. The van der Waals surface area contributed by atoms with Crippen molar-refractivity contribution in [2.45, 2.75) is 34.6 Å². The van der Waals surface area contributed by atoms with Crippen molar-refractivity contribution in [3.63, 3.8) is 0 Å². The summed E-state index contributed by atoms with van der Waals surface area (Å²) in [4.78, 5) is 87.3. The van der Waals surface area contributed by atoms with Crippen LogP contribution in [0.25, 0.3) is 40.0 Å². The number of carbonyl (C=O) groups excluding carboxylic acids is 3. The van der Waals surface area contributed by atoms with Crippen LogP contribution in [-0.4, -0.2) is 122 Å². The number of anilines is 2. The van der Waals surface area contributed by atoms with Crippen molar-refractivity contribution in [1.29, 1.82) is 0 Å². The molecule has 84 heavy (non-hydrogen) atoms. The fraction of sp³-hybridized carbons (Fsp3) is 0.283. The van der Waals surface area contributed by atoms with Crippen LogP contribution < -0.4 is 46.1 Å². The second kappa shape index (κ2) is 26.9. The number of rotatable bonds is 23. The minimum Gasteiger partial charge on any atom is -0.378 e. The highest BCUT2D eigenvalue weighted by atomic mass is 32.2. The Balaban J connectivity index is 0.801. The van der Waals surface area contributed by atoms with Crippen molar-refractivity contribution in [1.82, 2.24) is 30.4 Å². The van der Waals surface area contributed by atoms with Crippen LogP contribution in [0.15, 0.2) is 163 Å². The molecule has 5 N–H and O–H groups in total. The number of benzene rings is 4. The highest BCUT2D eigenvalue weighted by molar-refractivity contribution is 8.04. The molecule has 1 saturated heterocycles. The number of para-hydroxylation sites is 4. The van der Waals surface area contributed by atoms with Crippen molar-refractivity contribution >= 4 is 100 Å². The summed E-state index contributed by atoms with van der Waals surface area (Å²) in [6.07, 6.45) is 9.73. The first-order chi connectivity index (χ1) is 40.6. The molecule has 6 heterocycles. The van der Waals surface area contributed by atoms with Gasteiger partial charge in [0.25, 0.3) is 5.56 Å². The topological polar surface area (TPSA) is 234 Å². The van der Waals surface area contributed by atoms with E-state index in [9.17, 15) is 33.4 Å². The number of aromatic nitrogens is 4. The van der Waals surface area contributed by atoms with Crippen LogP contribution in [0.1, 0.15) is 29.3 Å². The van der Waals surface area contributed by atoms with Crippen molar-refractivity contribution < 1.29 is 51.5 Å². The molecule has 1 fully saturated rings. The number of phosphoric acid groups is 1. The monoisotopic (exact) mass is 1200 g/mol. The number of nitrogens with zero attached hydrogens (tertiary/aromatic N) is 6. The Morgan fingerprint density at radius 3 is 1.79 bits per heavy atom. The number of carbonyl (C=O) groups is 3. The second-order valence-electron chi connectivity index (χ2n) is 20.1. The van der Waals surface area contributed by atoms with Crippen LogP contribution in [0.5, 0.6) is 0 Å². The molecule has 10 rings (SSSR count). The molecule has 24 heteroatoms. The predicted molar refractivity (Wildman–Crippen MR) is 323 cm³/mol. The normalized spacial score (nSPS) is 18.3. The standard InChI is InChI=1S/C60H63N10O11PS2/c1-65-28-23-40(43-13-5-7-15-45(43)65)33-57-68(47-17-9-11-19-51(47)83-57)37-54(72)62-26-31-67(30-25-61-53(71)22-21-42-36-70(60(75)64-59(42)74)56-35-49(78-3)50(81-56)39-80-82(76,77)79-4)32-27-63-55(73)38-69-48-18-10-12-20-52(48)84-58(69)34-41-24-29-66(2)46-16-8-6-14-44(41)46/h5-24,28-29,33-34,36,49-50,56H,25-27,30-32,35,37-39H2,1-4H3,(H3-2,61,62,63,64,71,72,73,74,75,76,77)/p+2/b22-21+. The highest BCUT2D eigenvalue weighted by Crippen LogP contribution is 2.48. The first-order valence-electron chi connectivity index (χ1n) is 27.2. The van der Waals surface area contributed by atoms with Crippen molar-refractivity contribution in [2.75, 3.05) is 83.0 Å². The number of fused-ring (bicyclic) bond motifs is 4. The largest absolute Gasteiger partial charge is 0.472 e. The molecule has 0 bridgehead atoms. The fourth-order valence-electron chi connectivity index (χ4n) is 10.3. The predicted octanol–water partition coefficient (Wildman–Crippen LogP) is 5.44. The molecule has 3 amide bonds. The highest BCUT2D eigenvalue weighted by Gasteiger charge is 2.39. The van der Waals surface area contributed by atoms with Gasteiger partial charge in [0.1, 0.15) is 39.5 Å². The van der Waals surface area contributed by atoms with Gasteiger partial charge in [-0.1, -0.05) is 72.1 Å². The third-order valence-corrected chi connectivity index (χ3v) is 17.8. The number of ether oxygens (including phenoxy) is 2. The van der Waals surface area contributed by atoms with E-state index < -0.39 is 43.4 Å². The maximum absolute atomic E-state index is 13.9. The van der Waals surface area contributed by atoms with E-state index >= 15 is 0 Å². The number of aryl methyl sites for hydroxylation is 2. The zero-order valence-electron chi connectivity index (χ0n) is 46.7. The van der Waals surface area contributed by atoms with E-state index in [4.69, 9.17) is 14.0 Å². The van der Waals surface area contributed by atoms with E-state index in [1.807, 2.05) is 114 Å². The quantitative estimate of drug-likeness (QED) is 0.0305. The molecule has 3 aliphatic rings. The van der Waals surface area contributed by atoms with E-state index in [0.29, 0.717) is 19.6 Å². The summed E-state index contributed by atoms with van der Waals surface area (Å²) < 4.78 is 38.1. The maximum atomic E-state index is 13.9. The lowest BCUT2D eigenvalue weighted by molar-refractivity contribution is -0.645. The summed E-state index contributed by atoms with van der Waals surface area (Å²) in [7, 11) is 2.15. The number of thioether (sulfide) groups is 2. The molecule has 3 aliphatic heterocycles. The molecule has 0 saturated carbocycles. The van der Waals surface area contributed by atoms with Crippen LogP contribution in [0.3, 0.4) is 0 Å². The summed E-state index contributed by atoms with van der Waals surface area (Å²) in [6.45, 7) is 1.54. The lowest BCUT2D eigenvalue weighted by Gasteiger charge is -2.24. The van der Waals surface area contributed by atoms with Gasteiger partial charge in [-0.3, -0.25) is 42.7 Å². The van der Waals surface area contributed by atoms with Gasteiger partial charge in [-0.05, 0) is 65.8 Å². The summed E-state index contributed by atoms with van der Waals surface area (Å²) in [5.74, 6) is -0.899. The van der Waals surface area contributed by atoms with Crippen LogP contribution in [0.4, 0.5) is 11.4 Å². The molecule has 21 nitrogen and oxygen atoms in total. The number of nitrogens with one attached hydrogen (secondary N) is 4. The Bertz CT molecular complexity index is 3720. The van der Waals surface area contributed by atoms with Crippen LogP contribution in [0.2, 0.25) is 0 Å². The first kappa shape index (κ1) is 59.5. The van der Waals surface area contributed by atoms with Gasteiger partial charge in [-0.15, -0.1) is 0 Å². The average Bonchev–Trinajstić information content (AvgIpc) is 2.73. The lowest BCUT2D eigenvalue weighted by atomic mass is 10.1. The van der Waals surface area contributed by atoms with Gasteiger partial charge in [0.05, 0.1) is 50.5 Å². The van der Waals surface area contributed by atoms with E-state index in [-0.39, 0.29) is 63.1 Å². The van der Waals surface area contributed by atoms with Crippen molar-refractivity contribution in [2.24, 2.45) is 14.1 Å². The van der Waals surface area contributed by atoms with Gasteiger partial charge in [0.2, 0.25) is 28.8 Å². The smallest absolute Gasteiger partial charge is 0.378 e. The van der Waals surface area contributed by atoms with Crippen molar-refractivity contribution in [3.05, 3.63) is 181 Å². The Labute approximate surface area is 493 Å². The summed E-state index contributed by atoms with van der Waals surface area (Å²) in [5.41, 5.74) is 4.58. The molecule has 7 aromatic rings. The number of phosphoric ester groups is 1. The van der Waals surface area contributed by atoms with Gasteiger partial charge >= 0.3 is 13.5 Å². The van der Waals surface area contributed by atoms with Crippen LogP contribution in [0, 0.1) is 0 Å². The number of methoxy groups -OCH3 is 1. The molecule has 0 aliphatic carbocycles. The SMILES string of the molecule is COC1CC(n2cc(/C=C/C(=O)NCCN(CCNC(=O)CN3/C(=C/c4cc[n+](C)c5ccccc45)Sc4ccccc43)CCNC(=O)CN3/C(=C/c4cc[n+](C)c5ccccc45)Sc4ccccc43)c(=O)[nH]c2=O)OC1COP(=O)(O)OC. The average molecular weight is 1200 g/mol. The first-order valence-corrected chi connectivity index (χ1v) is 30.3.